The number of fused-ring (bicyclic) bond motifs is 1. The van der Waals surface area contributed by atoms with Crippen molar-refractivity contribution in [2.75, 3.05) is 58.2 Å². The molecule has 0 bridgehead atoms. The molecule has 172 valence electrons. The molecule has 2 fully saturated rings. The van der Waals surface area contributed by atoms with E-state index >= 15 is 0 Å². The summed E-state index contributed by atoms with van der Waals surface area (Å²) in [5.74, 6) is 4.88. The highest BCUT2D eigenvalue weighted by Gasteiger charge is 2.27. The fraction of sp³-hybridized carbons (Fsp3) is 0.583. The molecule has 0 unspecified atom stereocenters. The summed E-state index contributed by atoms with van der Waals surface area (Å²) in [6.45, 7) is 10.7. The third-order valence-electron chi connectivity index (χ3n) is 6.81. The number of piperidine rings is 1. The van der Waals surface area contributed by atoms with E-state index in [4.69, 9.17) is 28.9 Å². The van der Waals surface area contributed by atoms with Crippen LogP contribution < -0.4 is 19.1 Å². The molecular weight excluding hydrogens is 408 g/mol. The predicted molar refractivity (Wildman–Crippen MR) is 121 cm³/mol. The Bertz CT molecular complexity index is 969. The number of ether oxygens (including phenoxy) is 4. The number of likely N-dealkylation sites (tertiary alicyclic amines) is 1. The van der Waals surface area contributed by atoms with Gasteiger partial charge in [-0.3, -0.25) is 4.90 Å². The molecule has 2 aromatic rings. The molecule has 0 radical (unpaired) electrons. The molecule has 4 heterocycles. The van der Waals surface area contributed by atoms with Crippen molar-refractivity contribution in [1.82, 2.24) is 14.9 Å². The van der Waals surface area contributed by atoms with Crippen LogP contribution in [0, 0.1) is 13.8 Å². The van der Waals surface area contributed by atoms with Crippen molar-refractivity contribution in [1.29, 1.82) is 0 Å². The lowest BCUT2D eigenvalue weighted by Crippen LogP contribution is -2.38. The summed E-state index contributed by atoms with van der Waals surface area (Å²) in [5.41, 5.74) is 3.40. The van der Waals surface area contributed by atoms with E-state index in [1.54, 1.807) is 7.11 Å². The number of aryl methyl sites for hydroxylation is 1. The van der Waals surface area contributed by atoms with Gasteiger partial charge in [0.25, 0.3) is 0 Å². The van der Waals surface area contributed by atoms with Crippen LogP contribution >= 0.6 is 0 Å². The van der Waals surface area contributed by atoms with E-state index in [2.05, 4.69) is 23.6 Å². The number of hydrogen-bond acceptors (Lipinski definition) is 8. The number of rotatable bonds is 5. The molecule has 0 N–H and O–H groups in total. The number of aromatic nitrogens is 2. The minimum absolute atomic E-state index is 0.274. The zero-order valence-corrected chi connectivity index (χ0v) is 19.2. The monoisotopic (exact) mass is 440 g/mol. The van der Waals surface area contributed by atoms with Crippen molar-refractivity contribution in [3.8, 4) is 17.2 Å². The Morgan fingerprint density at radius 2 is 1.72 bits per heavy atom. The maximum atomic E-state index is 5.60. The van der Waals surface area contributed by atoms with E-state index in [9.17, 15) is 0 Å². The van der Waals surface area contributed by atoms with Crippen molar-refractivity contribution >= 4 is 5.82 Å². The van der Waals surface area contributed by atoms with Gasteiger partial charge in [-0.15, -0.1) is 0 Å². The predicted octanol–water partition coefficient (Wildman–Crippen LogP) is 3.05. The number of hydrogen-bond donors (Lipinski definition) is 0. The van der Waals surface area contributed by atoms with Crippen molar-refractivity contribution in [3.63, 3.8) is 0 Å². The van der Waals surface area contributed by atoms with Crippen LogP contribution in [0.2, 0.25) is 0 Å². The molecule has 0 atom stereocenters. The molecule has 32 heavy (non-hydrogen) atoms. The lowest BCUT2D eigenvalue weighted by Gasteiger charge is -2.33. The summed E-state index contributed by atoms with van der Waals surface area (Å²) in [6, 6.07) is 3.98. The average Bonchev–Trinajstić information content (AvgIpc) is 3.28. The minimum Gasteiger partial charge on any atom is -0.496 e. The van der Waals surface area contributed by atoms with Crippen molar-refractivity contribution in [2.45, 2.75) is 39.2 Å². The largest absolute Gasteiger partial charge is 0.496 e. The van der Waals surface area contributed by atoms with Gasteiger partial charge in [0.1, 0.15) is 17.4 Å². The van der Waals surface area contributed by atoms with Crippen LogP contribution in [0.25, 0.3) is 0 Å². The van der Waals surface area contributed by atoms with Crippen LogP contribution in [0.1, 0.15) is 41.4 Å². The Hall–Kier alpha value is -2.58. The van der Waals surface area contributed by atoms with Gasteiger partial charge in [0.05, 0.1) is 20.3 Å². The summed E-state index contributed by atoms with van der Waals surface area (Å²) in [6.07, 6.45) is 2.11. The number of anilines is 1. The van der Waals surface area contributed by atoms with Gasteiger partial charge in [-0.25, -0.2) is 9.97 Å². The molecule has 3 aliphatic heterocycles. The van der Waals surface area contributed by atoms with Gasteiger partial charge in [-0.05, 0) is 45.8 Å². The Kier molecular flexibility index (Phi) is 6.06. The Labute approximate surface area is 189 Å². The summed E-state index contributed by atoms with van der Waals surface area (Å²) in [5, 5.41) is 0. The van der Waals surface area contributed by atoms with E-state index in [0.29, 0.717) is 5.92 Å². The van der Waals surface area contributed by atoms with Crippen molar-refractivity contribution in [2.24, 2.45) is 0 Å². The summed E-state index contributed by atoms with van der Waals surface area (Å²) >= 11 is 0. The zero-order chi connectivity index (χ0) is 22.1. The first-order valence-corrected chi connectivity index (χ1v) is 11.5. The summed E-state index contributed by atoms with van der Waals surface area (Å²) < 4.78 is 22.2. The zero-order valence-electron chi connectivity index (χ0n) is 19.2. The molecule has 0 amide bonds. The molecule has 1 aromatic carbocycles. The minimum atomic E-state index is 0.274. The maximum Gasteiger partial charge on any atom is 0.231 e. The van der Waals surface area contributed by atoms with Crippen LogP contribution in [0.15, 0.2) is 12.1 Å². The van der Waals surface area contributed by atoms with E-state index in [-0.39, 0.29) is 6.79 Å². The molecule has 0 aliphatic carbocycles. The standard InChI is InChI=1S/C24H32N4O4/c1-16-17(2)25-23(26-24(16)28-8-10-30-11-9-28)18-4-6-27(7-5-18)14-19-12-21-22(32-15-31-21)13-20(19)29-3/h12-13,18H,4-11,14-15H2,1-3H3. The SMILES string of the molecule is COc1cc2c(cc1CN1CCC(c3nc(C)c(C)c(N4CCOCC4)n3)CC1)OCO2. The highest BCUT2D eigenvalue weighted by Crippen LogP contribution is 2.39. The second kappa shape index (κ2) is 9.11. The first-order chi connectivity index (χ1) is 15.6. The number of methoxy groups -OCH3 is 1. The first-order valence-electron chi connectivity index (χ1n) is 11.5. The fourth-order valence-electron chi connectivity index (χ4n) is 4.77. The first kappa shape index (κ1) is 21.3. The molecule has 8 heteroatoms. The molecule has 2 saturated heterocycles. The maximum absolute atomic E-state index is 5.60. The average molecular weight is 441 g/mol. The lowest BCUT2D eigenvalue weighted by molar-refractivity contribution is 0.122. The van der Waals surface area contributed by atoms with E-state index in [1.165, 1.54) is 5.56 Å². The van der Waals surface area contributed by atoms with Crippen molar-refractivity contribution in [3.05, 3.63) is 34.8 Å². The van der Waals surface area contributed by atoms with Crippen LogP contribution in [0.4, 0.5) is 5.82 Å². The lowest BCUT2D eigenvalue weighted by atomic mass is 9.95. The van der Waals surface area contributed by atoms with E-state index in [0.717, 1.165) is 98.9 Å². The summed E-state index contributed by atoms with van der Waals surface area (Å²) in [4.78, 5) is 14.8. The van der Waals surface area contributed by atoms with Gasteiger partial charge >= 0.3 is 0 Å². The highest BCUT2D eigenvalue weighted by molar-refractivity contribution is 5.52. The highest BCUT2D eigenvalue weighted by atomic mass is 16.7. The molecule has 0 spiro atoms. The second-order valence-corrected chi connectivity index (χ2v) is 8.78. The quantitative estimate of drug-likeness (QED) is 0.703. The Morgan fingerprint density at radius 1 is 1.00 bits per heavy atom. The number of morpholine rings is 1. The molecule has 0 saturated carbocycles. The van der Waals surface area contributed by atoms with Crippen molar-refractivity contribution < 1.29 is 18.9 Å². The van der Waals surface area contributed by atoms with Gasteiger partial charge in [-0.2, -0.15) is 0 Å². The topological polar surface area (TPSA) is 69.2 Å². The normalized spacial score (nSPS) is 19.4. The van der Waals surface area contributed by atoms with Gasteiger partial charge in [0.15, 0.2) is 11.5 Å². The fourth-order valence-corrected chi connectivity index (χ4v) is 4.77. The Morgan fingerprint density at radius 3 is 2.44 bits per heavy atom. The third-order valence-corrected chi connectivity index (χ3v) is 6.81. The van der Waals surface area contributed by atoms with Gasteiger partial charge in [-0.1, -0.05) is 0 Å². The molecule has 5 rings (SSSR count). The Balaban J connectivity index is 1.27. The number of nitrogens with zero attached hydrogens (tertiary/aromatic N) is 4. The summed E-state index contributed by atoms with van der Waals surface area (Å²) in [7, 11) is 1.70. The smallest absolute Gasteiger partial charge is 0.231 e. The number of benzene rings is 1. The van der Waals surface area contributed by atoms with Crippen LogP contribution in [0.3, 0.4) is 0 Å². The third kappa shape index (κ3) is 4.21. The second-order valence-electron chi connectivity index (χ2n) is 8.78. The molecule has 1 aromatic heterocycles. The molecule has 8 nitrogen and oxygen atoms in total. The van der Waals surface area contributed by atoms with Crippen LogP contribution in [-0.4, -0.2) is 68.2 Å². The van der Waals surface area contributed by atoms with E-state index < -0.39 is 0 Å². The van der Waals surface area contributed by atoms with E-state index in [1.807, 2.05) is 12.1 Å². The van der Waals surface area contributed by atoms with Gasteiger partial charge in [0, 0.05) is 48.4 Å². The van der Waals surface area contributed by atoms with Crippen LogP contribution in [-0.2, 0) is 11.3 Å². The molecule has 3 aliphatic rings. The van der Waals surface area contributed by atoms with Gasteiger partial charge in [0.2, 0.25) is 6.79 Å². The van der Waals surface area contributed by atoms with Gasteiger partial charge < -0.3 is 23.8 Å². The molecular formula is C24H32N4O4. The van der Waals surface area contributed by atoms with Crippen LogP contribution in [0.5, 0.6) is 17.2 Å².